The first-order valence-electron chi connectivity index (χ1n) is 13.1. The van der Waals surface area contributed by atoms with E-state index in [0.29, 0.717) is 12.3 Å². The van der Waals surface area contributed by atoms with E-state index in [4.69, 9.17) is 4.74 Å². The van der Waals surface area contributed by atoms with Crippen molar-refractivity contribution in [1.29, 1.82) is 0 Å². The SMILES string of the molecule is C[C@@H]1CN([C@H](C)CO)S(=O)(=O)c2ccc(C3=CCCC3)cc2O[C@@H]1CN(C)C(=O)C1CCCCC1. The molecule has 1 N–H and O–H groups in total. The molecule has 1 amide bonds. The number of ether oxygens (including phenoxy) is 1. The second kappa shape index (κ2) is 11.0. The van der Waals surface area contributed by atoms with Gasteiger partial charge in [-0.25, -0.2) is 8.42 Å². The van der Waals surface area contributed by atoms with Gasteiger partial charge in [-0.2, -0.15) is 4.31 Å². The zero-order valence-electron chi connectivity index (χ0n) is 21.3. The number of aliphatic hydroxyl groups is 1. The van der Waals surface area contributed by atoms with Gasteiger partial charge in [0.2, 0.25) is 15.9 Å². The quantitative estimate of drug-likeness (QED) is 0.631. The van der Waals surface area contributed by atoms with Gasteiger partial charge in [-0.3, -0.25) is 4.79 Å². The number of fused-ring (bicyclic) bond motifs is 1. The molecule has 1 fully saturated rings. The Labute approximate surface area is 210 Å². The lowest BCUT2D eigenvalue weighted by atomic mass is 9.88. The number of allylic oxidation sites excluding steroid dienone is 2. The fourth-order valence-electron chi connectivity index (χ4n) is 5.60. The number of carbonyl (C=O) groups excluding carboxylic acids is 1. The predicted molar refractivity (Wildman–Crippen MR) is 137 cm³/mol. The molecule has 3 atom stereocenters. The third kappa shape index (κ3) is 5.59. The van der Waals surface area contributed by atoms with Crippen LogP contribution in [0.15, 0.2) is 29.2 Å². The highest BCUT2D eigenvalue weighted by atomic mass is 32.2. The van der Waals surface area contributed by atoms with Crippen molar-refractivity contribution in [2.45, 2.75) is 82.3 Å². The van der Waals surface area contributed by atoms with E-state index < -0.39 is 16.1 Å². The zero-order valence-corrected chi connectivity index (χ0v) is 22.1. The van der Waals surface area contributed by atoms with Gasteiger partial charge in [0.15, 0.2) is 0 Å². The summed E-state index contributed by atoms with van der Waals surface area (Å²) in [5.74, 6) is 0.376. The van der Waals surface area contributed by atoms with Crippen LogP contribution in [0.4, 0.5) is 0 Å². The van der Waals surface area contributed by atoms with E-state index in [1.54, 1.807) is 17.9 Å². The Bertz CT molecular complexity index is 1050. The van der Waals surface area contributed by atoms with Crippen molar-refractivity contribution < 1.29 is 23.1 Å². The van der Waals surface area contributed by atoms with E-state index >= 15 is 0 Å². The second-order valence-electron chi connectivity index (χ2n) is 10.6. The molecule has 3 aliphatic rings. The summed E-state index contributed by atoms with van der Waals surface area (Å²) in [6, 6.07) is 4.78. The molecule has 1 aliphatic heterocycles. The highest BCUT2D eigenvalue weighted by molar-refractivity contribution is 7.89. The van der Waals surface area contributed by atoms with Crippen LogP contribution in [0.1, 0.15) is 70.8 Å². The van der Waals surface area contributed by atoms with E-state index in [1.807, 2.05) is 26.1 Å². The molecule has 7 nitrogen and oxygen atoms in total. The molecule has 1 aromatic carbocycles. The lowest BCUT2D eigenvalue weighted by Gasteiger charge is -2.38. The Balaban J connectivity index is 1.67. The van der Waals surface area contributed by atoms with Gasteiger partial charge < -0.3 is 14.7 Å². The Morgan fingerprint density at radius 1 is 1.23 bits per heavy atom. The van der Waals surface area contributed by atoms with E-state index in [0.717, 1.165) is 50.5 Å². The lowest BCUT2D eigenvalue weighted by molar-refractivity contribution is -0.136. The molecular formula is C27H40N2O5S. The van der Waals surface area contributed by atoms with Gasteiger partial charge in [-0.15, -0.1) is 0 Å². The summed E-state index contributed by atoms with van der Waals surface area (Å²) in [5, 5.41) is 9.83. The molecule has 0 spiro atoms. The highest BCUT2D eigenvalue weighted by Gasteiger charge is 2.39. The van der Waals surface area contributed by atoms with Gasteiger partial charge in [0.25, 0.3) is 0 Å². The summed E-state index contributed by atoms with van der Waals surface area (Å²) < 4.78 is 35.2. The molecule has 1 saturated carbocycles. The molecular weight excluding hydrogens is 464 g/mol. The van der Waals surface area contributed by atoms with E-state index in [1.165, 1.54) is 16.3 Å². The third-order valence-electron chi connectivity index (χ3n) is 7.86. The molecule has 0 unspecified atom stereocenters. The van der Waals surface area contributed by atoms with Gasteiger partial charge >= 0.3 is 0 Å². The first-order chi connectivity index (χ1) is 16.7. The van der Waals surface area contributed by atoms with Crippen molar-refractivity contribution in [3.8, 4) is 5.75 Å². The standard InChI is InChI=1S/C27H40N2O5S/c1-19-16-29(20(2)18-30)35(32,33)26-14-13-23(21-9-7-8-10-21)15-24(26)34-25(19)17-28(3)27(31)22-11-5-4-6-12-22/h9,13-15,19-20,22,25,30H,4-8,10-12,16-18H2,1-3H3/t19-,20-,25-/m1/s1. The van der Waals surface area contributed by atoms with Crippen LogP contribution in [0.5, 0.6) is 5.75 Å². The predicted octanol–water partition coefficient (Wildman–Crippen LogP) is 4.06. The smallest absolute Gasteiger partial charge is 0.247 e. The molecule has 0 aromatic heterocycles. The maximum absolute atomic E-state index is 13.7. The minimum atomic E-state index is -3.86. The first kappa shape index (κ1) is 26.2. The van der Waals surface area contributed by atoms with E-state index in [-0.39, 0.29) is 41.9 Å². The molecule has 1 aromatic rings. The molecule has 2 aliphatic carbocycles. The molecule has 0 radical (unpaired) electrons. The molecule has 194 valence electrons. The minimum Gasteiger partial charge on any atom is -0.487 e. The summed E-state index contributed by atoms with van der Waals surface area (Å²) in [6.07, 6.45) is 10.2. The Morgan fingerprint density at radius 2 is 1.97 bits per heavy atom. The van der Waals surface area contributed by atoms with Crippen LogP contribution >= 0.6 is 0 Å². The average Bonchev–Trinajstić information content (AvgIpc) is 3.40. The number of amides is 1. The Hall–Kier alpha value is -1.90. The molecule has 4 rings (SSSR count). The van der Waals surface area contributed by atoms with Crippen molar-refractivity contribution in [2.75, 3.05) is 26.7 Å². The van der Waals surface area contributed by atoms with Crippen molar-refractivity contribution in [3.63, 3.8) is 0 Å². The largest absolute Gasteiger partial charge is 0.487 e. The number of hydrogen-bond donors (Lipinski definition) is 1. The third-order valence-corrected chi connectivity index (χ3v) is 9.88. The van der Waals surface area contributed by atoms with Crippen molar-refractivity contribution >= 4 is 21.5 Å². The number of carbonyl (C=O) groups is 1. The van der Waals surface area contributed by atoms with Crippen LogP contribution in [0.2, 0.25) is 0 Å². The zero-order chi connectivity index (χ0) is 25.2. The average molecular weight is 505 g/mol. The van der Waals surface area contributed by atoms with Crippen molar-refractivity contribution in [2.24, 2.45) is 11.8 Å². The number of nitrogens with zero attached hydrogens (tertiary/aromatic N) is 2. The number of rotatable bonds is 6. The molecule has 8 heteroatoms. The molecule has 0 saturated heterocycles. The van der Waals surface area contributed by atoms with Gasteiger partial charge in [0, 0.05) is 31.5 Å². The summed E-state index contributed by atoms with van der Waals surface area (Å²) >= 11 is 0. The van der Waals surface area contributed by atoms with Gasteiger partial charge in [-0.05, 0) is 62.3 Å². The van der Waals surface area contributed by atoms with Crippen LogP contribution in [-0.4, -0.2) is 67.5 Å². The maximum Gasteiger partial charge on any atom is 0.247 e. The minimum absolute atomic E-state index is 0.0668. The van der Waals surface area contributed by atoms with Crippen molar-refractivity contribution in [3.05, 3.63) is 29.8 Å². The van der Waals surface area contributed by atoms with Crippen LogP contribution in [0, 0.1) is 11.8 Å². The summed E-state index contributed by atoms with van der Waals surface area (Å²) in [7, 11) is -2.03. The summed E-state index contributed by atoms with van der Waals surface area (Å²) in [4.78, 5) is 15.0. The molecule has 35 heavy (non-hydrogen) atoms. The summed E-state index contributed by atoms with van der Waals surface area (Å²) in [6.45, 7) is 4.02. The van der Waals surface area contributed by atoms with Gasteiger partial charge in [0.05, 0.1) is 13.2 Å². The second-order valence-corrected chi connectivity index (χ2v) is 12.4. The normalized spacial score (nSPS) is 26.1. The molecule has 1 heterocycles. The number of hydrogen-bond acceptors (Lipinski definition) is 5. The van der Waals surface area contributed by atoms with Crippen LogP contribution < -0.4 is 4.74 Å². The maximum atomic E-state index is 13.7. The Kier molecular flexibility index (Phi) is 8.23. The monoisotopic (exact) mass is 504 g/mol. The first-order valence-corrected chi connectivity index (χ1v) is 14.5. The van der Waals surface area contributed by atoms with Gasteiger partial charge in [-0.1, -0.05) is 38.3 Å². The number of likely N-dealkylation sites (N-methyl/N-ethyl adjacent to an activating group) is 1. The van der Waals surface area contributed by atoms with Crippen LogP contribution in [-0.2, 0) is 14.8 Å². The topological polar surface area (TPSA) is 87.2 Å². The number of sulfonamides is 1. The van der Waals surface area contributed by atoms with E-state index in [2.05, 4.69) is 6.08 Å². The molecule has 0 bridgehead atoms. The van der Waals surface area contributed by atoms with Gasteiger partial charge in [0.1, 0.15) is 16.7 Å². The van der Waals surface area contributed by atoms with Crippen LogP contribution in [0.3, 0.4) is 0 Å². The highest BCUT2D eigenvalue weighted by Crippen LogP contribution is 2.37. The number of aliphatic hydroxyl groups excluding tert-OH is 1. The fraction of sp³-hybridized carbons (Fsp3) is 0.667. The lowest BCUT2D eigenvalue weighted by Crippen LogP contribution is -2.50. The fourth-order valence-corrected chi connectivity index (χ4v) is 7.42. The Morgan fingerprint density at radius 3 is 2.63 bits per heavy atom. The summed E-state index contributed by atoms with van der Waals surface area (Å²) in [5.41, 5.74) is 2.20. The van der Waals surface area contributed by atoms with E-state index in [9.17, 15) is 18.3 Å². The van der Waals surface area contributed by atoms with Crippen LogP contribution in [0.25, 0.3) is 5.57 Å². The number of benzene rings is 1. The van der Waals surface area contributed by atoms with Crippen molar-refractivity contribution in [1.82, 2.24) is 9.21 Å².